The number of nitrogens with zero attached hydrogens (tertiary/aromatic N) is 6. The number of carbonyl (C=O) groups is 1. The molecule has 2 aromatic heterocycles. The number of alkyl halides is 1. The van der Waals surface area contributed by atoms with E-state index < -0.39 is 29.4 Å². The third-order valence-electron chi connectivity index (χ3n) is 10.2. The number of hydrogen-bond acceptors (Lipinski definition) is 10. The van der Waals surface area contributed by atoms with Crippen LogP contribution in [0.4, 0.5) is 24.0 Å². The van der Waals surface area contributed by atoms with Gasteiger partial charge in [-0.1, -0.05) is 17.7 Å². The quantitative estimate of drug-likeness (QED) is 0.281. The van der Waals surface area contributed by atoms with Gasteiger partial charge in [0.25, 0.3) is 0 Å². The number of hydrogen-bond donors (Lipinski definition) is 1. The molecule has 1 amide bonds. The lowest BCUT2D eigenvalue weighted by atomic mass is 9.95. The van der Waals surface area contributed by atoms with Crippen molar-refractivity contribution in [1.29, 1.82) is 5.26 Å². The van der Waals surface area contributed by atoms with Gasteiger partial charge in [0.15, 0.2) is 11.6 Å². The number of benzene rings is 2. The van der Waals surface area contributed by atoms with Crippen LogP contribution in [0.1, 0.15) is 38.2 Å². The van der Waals surface area contributed by atoms with E-state index in [-0.39, 0.29) is 84.4 Å². The van der Waals surface area contributed by atoms with Crippen molar-refractivity contribution in [3.8, 4) is 29.0 Å². The predicted octanol–water partition coefficient (Wildman–Crippen LogP) is 5.67. The fourth-order valence-electron chi connectivity index (χ4n) is 7.99. The van der Waals surface area contributed by atoms with Crippen LogP contribution in [0.25, 0.3) is 32.1 Å². The van der Waals surface area contributed by atoms with Crippen LogP contribution in [0.2, 0.25) is 5.02 Å². The van der Waals surface area contributed by atoms with Gasteiger partial charge in [-0.05, 0) is 37.9 Å². The molecule has 4 aliphatic heterocycles. The first kappa shape index (κ1) is 31.2. The van der Waals surface area contributed by atoms with E-state index in [1.54, 1.807) is 4.90 Å². The Labute approximate surface area is 282 Å². The van der Waals surface area contributed by atoms with E-state index >= 15 is 4.39 Å². The van der Waals surface area contributed by atoms with Crippen molar-refractivity contribution in [1.82, 2.24) is 19.8 Å². The molecule has 3 saturated heterocycles. The Morgan fingerprint density at radius 1 is 1.25 bits per heavy atom. The average molecular weight is 698 g/mol. The number of carbonyl (C=O) groups excluding carboxylic acids is 1. The van der Waals surface area contributed by atoms with E-state index in [0.29, 0.717) is 39.0 Å². The summed E-state index contributed by atoms with van der Waals surface area (Å²) in [7, 11) is 0. The molecule has 2 aromatic carbocycles. The number of rotatable bonds is 5. The van der Waals surface area contributed by atoms with E-state index in [1.807, 2.05) is 17.9 Å². The number of aromatic nitrogens is 2. The third-order valence-corrected chi connectivity index (χ3v) is 11.6. The summed E-state index contributed by atoms with van der Waals surface area (Å²) >= 11 is 7.91. The van der Waals surface area contributed by atoms with Gasteiger partial charge >= 0.3 is 6.01 Å². The molecule has 0 spiro atoms. The highest BCUT2D eigenvalue weighted by atomic mass is 35.5. The number of ether oxygens (including phenoxy) is 2. The highest BCUT2D eigenvalue weighted by molar-refractivity contribution is 7.23. The SMILES string of the molecule is CCN1CCN2c3nc(OC[C@@]45CCCN4C[C@H](F)C5)nc4c(F)c(-c5ccc(F)c6sc(N)c(C#N)c56)c(Cl)c(c34)OCCC2C1=O. The van der Waals surface area contributed by atoms with Crippen molar-refractivity contribution in [3.05, 3.63) is 34.4 Å². The summed E-state index contributed by atoms with van der Waals surface area (Å²) in [6, 6.07) is 3.79. The maximum absolute atomic E-state index is 17.2. The van der Waals surface area contributed by atoms with Crippen molar-refractivity contribution in [2.24, 2.45) is 0 Å². The maximum atomic E-state index is 17.2. The molecule has 6 heterocycles. The van der Waals surface area contributed by atoms with Gasteiger partial charge in [-0.2, -0.15) is 15.2 Å². The van der Waals surface area contributed by atoms with Crippen molar-refractivity contribution in [3.63, 3.8) is 0 Å². The highest BCUT2D eigenvalue weighted by Gasteiger charge is 2.49. The minimum Gasteiger partial charge on any atom is -0.491 e. The minimum absolute atomic E-state index is 0.00861. The lowest BCUT2D eigenvalue weighted by molar-refractivity contribution is -0.134. The molecule has 1 unspecified atom stereocenters. The first-order chi connectivity index (χ1) is 23.2. The molecular formula is C33H31ClF3N7O3S. The summed E-state index contributed by atoms with van der Waals surface area (Å²) in [6.45, 7) is 4.58. The van der Waals surface area contributed by atoms with E-state index in [1.165, 1.54) is 12.1 Å². The Balaban J connectivity index is 1.36. The van der Waals surface area contributed by atoms with Gasteiger partial charge in [0, 0.05) is 50.0 Å². The second-order valence-electron chi connectivity index (χ2n) is 12.8. The topological polar surface area (TPSA) is 121 Å². The largest absolute Gasteiger partial charge is 0.491 e. The molecule has 15 heteroatoms. The van der Waals surface area contributed by atoms with Gasteiger partial charge in [-0.15, -0.1) is 11.3 Å². The molecule has 48 heavy (non-hydrogen) atoms. The van der Waals surface area contributed by atoms with Crippen molar-refractivity contribution in [2.45, 2.75) is 50.4 Å². The van der Waals surface area contributed by atoms with Crippen LogP contribution >= 0.6 is 22.9 Å². The number of nitrogen functional groups attached to an aromatic ring is 1. The first-order valence-electron chi connectivity index (χ1n) is 16.0. The molecule has 8 rings (SSSR count). The monoisotopic (exact) mass is 697 g/mol. The van der Waals surface area contributed by atoms with Crippen molar-refractivity contribution < 1.29 is 27.4 Å². The zero-order valence-corrected chi connectivity index (χ0v) is 27.6. The van der Waals surface area contributed by atoms with Gasteiger partial charge in [0.2, 0.25) is 5.91 Å². The molecule has 250 valence electrons. The Morgan fingerprint density at radius 2 is 2.08 bits per heavy atom. The lowest BCUT2D eigenvalue weighted by Crippen LogP contribution is -2.58. The molecule has 4 aliphatic rings. The fourth-order valence-corrected chi connectivity index (χ4v) is 9.28. The molecule has 4 aromatic rings. The Hall–Kier alpha value is -4.06. The molecule has 0 aliphatic carbocycles. The standard InChI is InChI=1S/C33H31ClF3N7O3S/c1-2-42-9-10-44-20(31(42)45)6-11-46-27-23-26(40-32(41-30(23)44)47-15-33-7-3-8-43(33)14-16(35)12-33)25(37)22(24(27)34)17-4-5-19(36)28-21(17)18(13-38)29(39)48-28/h4-5,16,20H,2-3,6-12,14-15,39H2,1H3/t16-,20?,33+/m1/s1. The maximum Gasteiger partial charge on any atom is 0.319 e. The van der Waals surface area contributed by atoms with Crippen LogP contribution in [0, 0.1) is 23.0 Å². The number of nitrogens with two attached hydrogens (primary N) is 1. The fraction of sp³-hybridized carbons (Fsp3) is 0.455. The van der Waals surface area contributed by atoms with Crippen molar-refractivity contribution in [2.75, 3.05) is 56.6 Å². The van der Waals surface area contributed by atoms with Crippen LogP contribution in [0.15, 0.2) is 12.1 Å². The van der Waals surface area contributed by atoms with E-state index in [9.17, 15) is 18.8 Å². The molecule has 3 atom stereocenters. The number of halogens is 4. The molecule has 0 saturated carbocycles. The molecular weight excluding hydrogens is 667 g/mol. The van der Waals surface area contributed by atoms with Gasteiger partial charge in [-0.3, -0.25) is 9.69 Å². The lowest BCUT2D eigenvalue weighted by Gasteiger charge is -2.42. The highest BCUT2D eigenvalue weighted by Crippen LogP contribution is 2.51. The molecule has 3 fully saturated rings. The summed E-state index contributed by atoms with van der Waals surface area (Å²) in [4.78, 5) is 28.6. The third kappa shape index (κ3) is 4.58. The van der Waals surface area contributed by atoms with Crippen LogP contribution in [0.5, 0.6) is 11.8 Å². The van der Waals surface area contributed by atoms with Crippen LogP contribution in [-0.2, 0) is 4.79 Å². The second kappa shape index (κ2) is 11.5. The molecule has 2 N–H and O–H groups in total. The minimum atomic E-state index is -0.972. The second-order valence-corrected chi connectivity index (χ2v) is 14.2. The molecule has 0 radical (unpaired) electrons. The van der Waals surface area contributed by atoms with Crippen LogP contribution in [-0.4, -0.2) is 89.4 Å². The van der Waals surface area contributed by atoms with Crippen LogP contribution in [0.3, 0.4) is 0 Å². The Morgan fingerprint density at radius 3 is 2.88 bits per heavy atom. The summed E-state index contributed by atoms with van der Waals surface area (Å²) in [5.41, 5.74) is 5.41. The van der Waals surface area contributed by atoms with Gasteiger partial charge in [-0.25, -0.2) is 13.2 Å². The Kier molecular flexibility index (Phi) is 7.50. The van der Waals surface area contributed by atoms with Gasteiger partial charge in [0.1, 0.15) is 47.0 Å². The molecule has 0 bridgehead atoms. The number of piperazine rings is 1. The van der Waals surface area contributed by atoms with E-state index in [0.717, 1.165) is 30.7 Å². The normalized spacial score (nSPS) is 24.0. The first-order valence-corrected chi connectivity index (χ1v) is 17.2. The Bertz CT molecular complexity index is 2060. The number of likely N-dealkylation sites (N-methyl/N-ethyl adjacent to an activating group) is 1. The van der Waals surface area contributed by atoms with Crippen LogP contribution < -0.4 is 20.1 Å². The number of thiophene rings is 1. The predicted molar refractivity (Wildman–Crippen MR) is 176 cm³/mol. The summed E-state index contributed by atoms with van der Waals surface area (Å²) < 4.78 is 59.3. The van der Waals surface area contributed by atoms with Gasteiger partial charge in [0.05, 0.1) is 32.8 Å². The molecule has 10 nitrogen and oxygen atoms in total. The summed E-state index contributed by atoms with van der Waals surface area (Å²) in [5.74, 6) is -1.23. The van der Waals surface area contributed by atoms with E-state index in [4.69, 9.17) is 31.8 Å². The van der Waals surface area contributed by atoms with Crippen molar-refractivity contribution >= 4 is 60.7 Å². The number of fused-ring (bicyclic) bond motifs is 4. The number of nitriles is 1. The summed E-state index contributed by atoms with van der Waals surface area (Å²) in [5, 5.41) is 10.2. The summed E-state index contributed by atoms with van der Waals surface area (Å²) in [6.07, 6.45) is 1.31. The average Bonchev–Trinajstić information content (AvgIpc) is 3.71. The zero-order chi connectivity index (χ0) is 33.5. The van der Waals surface area contributed by atoms with Gasteiger partial charge < -0.3 is 25.0 Å². The zero-order valence-electron chi connectivity index (χ0n) is 26.0. The smallest absolute Gasteiger partial charge is 0.319 e. The number of amides is 1. The number of anilines is 2. The van der Waals surface area contributed by atoms with E-state index in [2.05, 4.69) is 9.88 Å².